The molecule has 1 fully saturated rings. The molecule has 1 aliphatic rings. The van der Waals surface area contributed by atoms with E-state index in [1.165, 1.54) is 17.5 Å². The van der Waals surface area contributed by atoms with Gasteiger partial charge < -0.3 is 10.3 Å². The fourth-order valence-corrected chi connectivity index (χ4v) is 5.63. The number of likely N-dealkylation sites (tertiary alicyclic amines) is 1. The lowest BCUT2D eigenvalue weighted by Crippen LogP contribution is -2.39. The standard InChI is InChI=1S/C24H23F3N6S/c1-14-2-3-21-18(8-16(11-28)31-21)20(14)12-33-6-4-15(5-7-33)32-22-19-9-17(10-24(25,26)27)34-23(19)30-13-29-22/h2-3,8-9,13,15,31H,4-7,10,12H2,1H3,(H,29,30,32). The molecule has 0 aliphatic carbocycles. The summed E-state index contributed by atoms with van der Waals surface area (Å²) in [5, 5.41) is 14.4. The van der Waals surface area contributed by atoms with Crippen LogP contribution in [-0.4, -0.2) is 45.2 Å². The van der Waals surface area contributed by atoms with Crippen LogP contribution in [0.2, 0.25) is 0 Å². The number of aromatic amines is 1. The molecule has 4 aromatic rings. The predicted octanol–water partition coefficient (Wildman–Crippen LogP) is 5.53. The van der Waals surface area contributed by atoms with Gasteiger partial charge in [0.05, 0.1) is 11.8 Å². The van der Waals surface area contributed by atoms with E-state index in [-0.39, 0.29) is 10.9 Å². The Morgan fingerprint density at radius 1 is 1.21 bits per heavy atom. The largest absolute Gasteiger partial charge is 0.393 e. The molecule has 0 unspecified atom stereocenters. The molecule has 0 amide bonds. The number of halogens is 3. The SMILES string of the molecule is Cc1ccc2[nH]c(C#N)cc2c1CN1CCC(Nc2ncnc3sc(CC(F)(F)F)cc23)CC1. The van der Waals surface area contributed by atoms with Crippen molar-refractivity contribution in [1.82, 2.24) is 19.9 Å². The zero-order chi connectivity index (χ0) is 23.9. The van der Waals surface area contributed by atoms with E-state index in [2.05, 4.69) is 44.2 Å². The summed E-state index contributed by atoms with van der Waals surface area (Å²) in [6, 6.07) is 9.93. The van der Waals surface area contributed by atoms with Gasteiger partial charge in [-0.25, -0.2) is 9.97 Å². The Labute approximate surface area is 198 Å². The summed E-state index contributed by atoms with van der Waals surface area (Å²) in [6.45, 7) is 4.68. The highest BCUT2D eigenvalue weighted by atomic mass is 32.1. The summed E-state index contributed by atoms with van der Waals surface area (Å²) in [7, 11) is 0. The lowest BCUT2D eigenvalue weighted by atomic mass is 10.0. The Balaban J connectivity index is 1.26. The third-order valence-electron chi connectivity index (χ3n) is 6.34. The molecule has 2 N–H and O–H groups in total. The Bertz CT molecular complexity index is 1380. The van der Waals surface area contributed by atoms with E-state index in [4.69, 9.17) is 0 Å². The molecule has 176 valence electrons. The molecule has 6 nitrogen and oxygen atoms in total. The zero-order valence-corrected chi connectivity index (χ0v) is 19.4. The van der Waals surface area contributed by atoms with Crippen molar-refractivity contribution < 1.29 is 13.2 Å². The van der Waals surface area contributed by atoms with Crippen molar-refractivity contribution in [2.45, 2.75) is 44.9 Å². The fourth-order valence-electron chi connectivity index (χ4n) is 4.60. The third kappa shape index (κ3) is 4.72. The second kappa shape index (κ2) is 8.89. The van der Waals surface area contributed by atoms with Crippen LogP contribution in [0.4, 0.5) is 19.0 Å². The van der Waals surface area contributed by atoms with Gasteiger partial charge in [0.2, 0.25) is 0 Å². The van der Waals surface area contributed by atoms with Crippen LogP contribution in [0.1, 0.15) is 34.5 Å². The first-order valence-corrected chi connectivity index (χ1v) is 11.9. The maximum atomic E-state index is 12.8. The minimum Gasteiger partial charge on any atom is -0.367 e. The van der Waals surface area contributed by atoms with Gasteiger partial charge in [-0.15, -0.1) is 11.3 Å². The topological polar surface area (TPSA) is 80.6 Å². The minimum absolute atomic E-state index is 0.189. The maximum absolute atomic E-state index is 12.8. The molecule has 0 bridgehead atoms. The van der Waals surface area contributed by atoms with Crippen LogP contribution in [0.15, 0.2) is 30.6 Å². The van der Waals surface area contributed by atoms with Crippen molar-refractivity contribution in [3.63, 3.8) is 0 Å². The number of hydrogen-bond acceptors (Lipinski definition) is 6. The quantitative estimate of drug-likeness (QED) is 0.389. The number of rotatable bonds is 5. The Morgan fingerprint density at radius 2 is 2.00 bits per heavy atom. The molecule has 0 radical (unpaired) electrons. The van der Waals surface area contributed by atoms with Gasteiger partial charge >= 0.3 is 6.18 Å². The summed E-state index contributed by atoms with van der Waals surface area (Å²) in [6.07, 6.45) is -1.99. The number of hydrogen-bond donors (Lipinski definition) is 2. The summed E-state index contributed by atoms with van der Waals surface area (Å²) in [5.74, 6) is 0.602. The molecular formula is C24H23F3N6S. The molecule has 5 rings (SSSR count). The molecule has 0 saturated carbocycles. The molecule has 0 atom stereocenters. The summed E-state index contributed by atoms with van der Waals surface area (Å²) in [5.41, 5.74) is 3.97. The van der Waals surface area contributed by atoms with Gasteiger partial charge in [0.1, 0.15) is 28.7 Å². The number of H-pyrrole nitrogens is 1. The van der Waals surface area contributed by atoms with Crippen molar-refractivity contribution >= 4 is 38.3 Å². The number of nitrogens with zero attached hydrogens (tertiary/aromatic N) is 4. The van der Waals surface area contributed by atoms with Gasteiger partial charge in [0.15, 0.2) is 0 Å². The van der Waals surface area contributed by atoms with Crippen LogP contribution >= 0.6 is 11.3 Å². The molecule has 4 heterocycles. The smallest absolute Gasteiger partial charge is 0.367 e. The van der Waals surface area contributed by atoms with Gasteiger partial charge in [0, 0.05) is 41.5 Å². The number of piperidine rings is 1. The Kier molecular flexibility index (Phi) is 5.91. The van der Waals surface area contributed by atoms with Crippen LogP contribution in [0.5, 0.6) is 0 Å². The Hall–Kier alpha value is -3.16. The molecule has 0 spiro atoms. The summed E-state index contributed by atoms with van der Waals surface area (Å²) < 4.78 is 38.4. The van der Waals surface area contributed by atoms with Crippen molar-refractivity contribution in [2.75, 3.05) is 18.4 Å². The van der Waals surface area contributed by atoms with E-state index in [1.807, 2.05) is 12.1 Å². The van der Waals surface area contributed by atoms with Crippen molar-refractivity contribution in [3.8, 4) is 6.07 Å². The van der Waals surface area contributed by atoms with Gasteiger partial charge in [-0.2, -0.15) is 18.4 Å². The zero-order valence-electron chi connectivity index (χ0n) is 18.5. The number of anilines is 1. The fraction of sp³-hybridized carbons (Fsp3) is 0.375. The highest BCUT2D eigenvalue weighted by Gasteiger charge is 2.29. The average molecular weight is 485 g/mol. The number of thiophene rings is 1. The van der Waals surface area contributed by atoms with Crippen LogP contribution in [-0.2, 0) is 13.0 Å². The van der Waals surface area contributed by atoms with Crippen LogP contribution in [0, 0.1) is 18.3 Å². The predicted molar refractivity (Wildman–Crippen MR) is 127 cm³/mol. The molecule has 10 heteroatoms. The Morgan fingerprint density at radius 3 is 2.74 bits per heavy atom. The number of nitriles is 1. The van der Waals surface area contributed by atoms with Gasteiger partial charge in [-0.3, -0.25) is 4.90 Å². The molecule has 3 aromatic heterocycles. The molecule has 34 heavy (non-hydrogen) atoms. The normalized spacial score (nSPS) is 15.7. The summed E-state index contributed by atoms with van der Waals surface area (Å²) in [4.78, 5) is 14.8. The van der Waals surface area contributed by atoms with Crippen LogP contribution in [0.3, 0.4) is 0 Å². The van der Waals surface area contributed by atoms with E-state index in [1.54, 1.807) is 6.07 Å². The van der Waals surface area contributed by atoms with Crippen LogP contribution in [0.25, 0.3) is 21.1 Å². The van der Waals surface area contributed by atoms with Crippen LogP contribution < -0.4 is 5.32 Å². The van der Waals surface area contributed by atoms with Gasteiger partial charge in [-0.1, -0.05) is 6.07 Å². The number of nitrogens with one attached hydrogen (secondary N) is 2. The van der Waals surface area contributed by atoms with Crippen molar-refractivity contribution in [2.24, 2.45) is 0 Å². The third-order valence-corrected chi connectivity index (χ3v) is 7.38. The van der Waals surface area contributed by atoms with Gasteiger partial charge in [0.25, 0.3) is 0 Å². The van der Waals surface area contributed by atoms with Crippen molar-refractivity contribution in [3.05, 3.63) is 52.3 Å². The molecule has 1 aromatic carbocycles. The highest BCUT2D eigenvalue weighted by molar-refractivity contribution is 7.18. The maximum Gasteiger partial charge on any atom is 0.393 e. The lowest BCUT2D eigenvalue weighted by Gasteiger charge is -2.33. The number of alkyl halides is 3. The molecule has 1 aliphatic heterocycles. The lowest BCUT2D eigenvalue weighted by molar-refractivity contribution is -0.126. The number of aryl methyl sites for hydroxylation is 1. The number of fused-ring (bicyclic) bond motifs is 2. The number of aromatic nitrogens is 3. The minimum atomic E-state index is -4.24. The van der Waals surface area contributed by atoms with E-state index in [0.717, 1.165) is 54.7 Å². The average Bonchev–Trinajstić information content (AvgIpc) is 3.40. The monoisotopic (exact) mass is 484 g/mol. The summed E-state index contributed by atoms with van der Waals surface area (Å²) >= 11 is 1.07. The van der Waals surface area contributed by atoms with Gasteiger partial charge in [-0.05, 0) is 49.1 Å². The first kappa shape index (κ1) is 22.6. The van der Waals surface area contributed by atoms with E-state index in [0.29, 0.717) is 21.7 Å². The molecular weight excluding hydrogens is 461 g/mol. The van der Waals surface area contributed by atoms with E-state index < -0.39 is 12.6 Å². The van der Waals surface area contributed by atoms with E-state index in [9.17, 15) is 18.4 Å². The second-order valence-corrected chi connectivity index (χ2v) is 9.87. The molecule has 1 saturated heterocycles. The first-order valence-electron chi connectivity index (χ1n) is 11.1. The van der Waals surface area contributed by atoms with E-state index >= 15 is 0 Å². The second-order valence-electron chi connectivity index (χ2n) is 8.76. The highest BCUT2D eigenvalue weighted by Crippen LogP contribution is 2.33. The first-order chi connectivity index (χ1) is 16.3. The number of benzene rings is 1. The van der Waals surface area contributed by atoms with Crippen molar-refractivity contribution in [1.29, 1.82) is 5.26 Å².